The summed E-state index contributed by atoms with van der Waals surface area (Å²) in [4.78, 5) is 0. The van der Waals surface area contributed by atoms with E-state index < -0.39 is 0 Å². The molecule has 0 spiro atoms. The van der Waals surface area contributed by atoms with Crippen molar-refractivity contribution in [2.45, 2.75) is 33.2 Å². The van der Waals surface area contributed by atoms with Gasteiger partial charge in [0.15, 0.2) is 0 Å². The average Bonchev–Trinajstić information content (AvgIpc) is 3.09. The fourth-order valence-corrected chi connectivity index (χ4v) is 2.83. The van der Waals surface area contributed by atoms with E-state index in [0.29, 0.717) is 30.0 Å². The van der Waals surface area contributed by atoms with Crippen LogP contribution < -0.4 is 10.1 Å². The van der Waals surface area contributed by atoms with Gasteiger partial charge in [-0.05, 0) is 36.1 Å². The highest BCUT2D eigenvalue weighted by molar-refractivity contribution is 5.62. The first-order chi connectivity index (χ1) is 12.1. The lowest BCUT2D eigenvalue weighted by atomic mass is 9.98. The van der Waals surface area contributed by atoms with Crippen LogP contribution in [0.3, 0.4) is 0 Å². The van der Waals surface area contributed by atoms with Gasteiger partial charge in [-0.1, -0.05) is 44.2 Å². The molecule has 130 valence electrons. The molecular formula is C20H23N3O2. The lowest BCUT2D eigenvalue weighted by Gasteiger charge is -2.16. The van der Waals surface area contributed by atoms with Crippen molar-refractivity contribution in [3.63, 3.8) is 0 Å². The van der Waals surface area contributed by atoms with Crippen molar-refractivity contribution in [3.8, 4) is 17.2 Å². The minimum absolute atomic E-state index is 0.439. The Morgan fingerprint density at radius 1 is 1.08 bits per heavy atom. The third-order valence-electron chi connectivity index (χ3n) is 4.15. The van der Waals surface area contributed by atoms with Crippen molar-refractivity contribution in [2.75, 3.05) is 12.4 Å². The number of benzene rings is 2. The highest BCUT2D eigenvalue weighted by atomic mass is 16.5. The number of anilines is 1. The molecule has 0 aliphatic carbocycles. The second-order valence-corrected chi connectivity index (χ2v) is 6.25. The average molecular weight is 337 g/mol. The molecule has 1 aromatic heterocycles. The lowest BCUT2D eigenvalue weighted by molar-refractivity contribution is 0.413. The molecule has 0 bridgehead atoms. The van der Waals surface area contributed by atoms with Gasteiger partial charge in [0, 0.05) is 5.69 Å². The number of hydrogen-bond donors (Lipinski definition) is 1. The molecule has 1 N–H and O–H groups in total. The molecule has 3 aromatic rings. The minimum atomic E-state index is 0.439. The highest BCUT2D eigenvalue weighted by Gasteiger charge is 2.14. The van der Waals surface area contributed by atoms with E-state index in [4.69, 9.17) is 9.15 Å². The molecule has 2 aromatic carbocycles. The Morgan fingerprint density at radius 3 is 2.64 bits per heavy atom. The number of nitrogens with one attached hydrogen (secondary N) is 1. The summed E-state index contributed by atoms with van der Waals surface area (Å²) in [6.45, 7) is 6.95. The number of para-hydroxylation sites is 2. The third-order valence-corrected chi connectivity index (χ3v) is 4.15. The molecule has 3 rings (SSSR count). The summed E-state index contributed by atoms with van der Waals surface area (Å²) in [6.07, 6.45) is 0. The Kier molecular flexibility index (Phi) is 5.03. The van der Waals surface area contributed by atoms with Gasteiger partial charge in [0.25, 0.3) is 5.89 Å². The van der Waals surface area contributed by atoms with Crippen molar-refractivity contribution >= 4 is 5.69 Å². The van der Waals surface area contributed by atoms with Crippen LogP contribution >= 0.6 is 0 Å². The zero-order valence-corrected chi connectivity index (χ0v) is 15.0. The molecular weight excluding hydrogens is 314 g/mol. The first-order valence-electron chi connectivity index (χ1n) is 8.39. The van der Waals surface area contributed by atoms with Gasteiger partial charge in [0.2, 0.25) is 5.89 Å². The topological polar surface area (TPSA) is 60.2 Å². The second kappa shape index (κ2) is 7.38. The molecule has 0 amide bonds. The first-order valence-corrected chi connectivity index (χ1v) is 8.39. The summed E-state index contributed by atoms with van der Waals surface area (Å²) in [5.41, 5.74) is 4.41. The summed E-state index contributed by atoms with van der Waals surface area (Å²) < 4.78 is 11.2. The third kappa shape index (κ3) is 3.65. The molecule has 0 aliphatic rings. The molecule has 0 fully saturated rings. The molecule has 0 aliphatic heterocycles. The number of hydrogen-bond acceptors (Lipinski definition) is 5. The summed E-state index contributed by atoms with van der Waals surface area (Å²) >= 11 is 0. The number of aromatic nitrogens is 2. The van der Waals surface area contributed by atoms with Crippen LogP contribution in [0.4, 0.5) is 5.69 Å². The predicted molar refractivity (Wildman–Crippen MR) is 98.9 cm³/mol. The van der Waals surface area contributed by atoms with Gasteiger partial charge in [0.05, 0.1) is 19.2 Å². The van der Waals surface area contributed by atoms with Gasteiger partial charge in [-0.2, -0.15) is 0 Å². The zero-order chi connectivity index (χ0) is 17.8. The summed E-state index contributed by atoms with van der Waals surface area (Å²) in [5.74, 6) is 2.16. The van der Waals surface area contributed by atoms with Gasteiger partial charge in [-0.25, -0.2) is 0 Å². The number of methoxy groups -OCH3 is 1. The molecule has 0 radical (unpaired) electrons. The smallest absolute Gasteiger partial charge is 0.251 e. The predicted octanol–water partition coefficient (Wildman–Crippen LogP) is 4.79. The van der Waals surface area contributed by atoms with Crippen LogP contribution in [-0.4, -0.2) is 17.3 Å². The SMILES string of the molecule is COc1ccccc1-c1nnc(CNc2c(C)cccc2C(C)C)o1. The van der Waals surface area contributed by atoms with Crippen molar-refractivity contribution in [2.24, 2.45) is 0 Å². The van der Waals surface area contributed by atoms with E-state index in [1.54, 1.807) is 7.11 Å². The molecule has 0 saturated carbocycles. The number of ether oxygens (including phenoxy) is 1. The van der Waals surface area contributed by atoms with Crippen LogP contribution in [0.15, 0.2) is 46.9 Å². The summed E-state index contributed by atoms with van der Waals surface area (Å²) in [7, 11) is 1.63. The van der Waals surface area contributed by atoms with Crippen LogP contribution in [0.2, 0.25) is 0 Å². The standard InChI is InChI=1S/C20H23N3O2/c1-13(2)15-10-7-8-14(3)19(15)21-12-18-22-23-20(25-18)16-9-5-6-11-17(16)24-4/h5-11,13,21H,12H2,1-4H3. The zero-order valence-electron chi connectivity index (χ0n) is 15.0. The Morgan fingerprint density at radius 2 is 1.88 bits per heavy atom. The number of nitrogens with zero attached hydrogens (tertiary/aromatic N) is 2. The first kappa shape index (κ1) is 17.0. The van der Waals surface area contributed by atoms with Crippen LogP contribution in [0.5, 0.6) is 5.75 Å². The molecule has 25 heavy (non-hydrogen) atoms. The van der Waals surface area contributed by atoms with E-state index >= 15 is 0 Å². The summed E-state index contributed by atoms with van der Waals surface area (Å²) in [5, 5.41) is 11.7. The van der Waals surface area contributed by atoms with Crippen molar-refractivity contribution in [3.05, 3.63) is 59.5 Å². The van der Waals surface area contributed by atoms with E-state index in [-0.39, 0.29) is 0 Å². The van der Waals surface area contributed by atoms with Gasteiger partial charge >= 0.3 is 0 Å². The largest absolute Gasteiger partial charge is 0.496 e. The summed E-state index contributed by atoms with van der Waals surface area (Å²) in [6, 6.07) is 13.9. The number of aryl methyl sites for hydroxylation is 1. The Bertz CT molecular complexity index is 856. The second-order valence-electron chi connectivity index (χ2n) is 6.25. The van der Waals surface area contributed by atoms with Gasteiger partial charge in [-0.3, -0.25) is 0 Å². The Labute approximate surface area is 148 Å². The Hall–Kier alpha value is -2.82. The highest BCUT2D eigenvalue weighted by Crippen LogP contribution is 2.30. The van der Waals surface area contributed by atoms with Crippen LogP contribution in [-0.2, 0) is 6.54 Å². The Balaban J connectivity index is 1.79. The van der Waals surface area contributed by atoms with Gasteiger partial charge in [-0.15, -0.1) is 10.2 Å². The van der Waals surface area contributed by atoms with E-state index in [9.17, 15) is 0 Å². The maximum Gasteiger partial charge on any atom is 0.251 e. The molecule has 1 heterocycles. The van der Waals surface area contributed by atoms with Gasteiger partial charge < -0.3 is 14.5 Å². The molecule has 5 nitrogen and oxygen atoms in total. The monoisotopic (exact) mass is 337 g/mol. The van der Waals surface area contributed by atoms with Crippen molar-refractivity contribution in [1.82, 2.24) is 10.2 Å². The maximum atomic E-state index is 5.81. The van der Waals surface area contributed by atoms with Crippen LogP contribution in [0, 0.1) is 6.92 Å². The molecule has 5 heteroatoms. The van der Waals surface area contributed by atoms with Crippen molar-refractivity contribution < 1.29 is 9.15 Å². The van der Waals surface area contributed by atoms with Gasteiger partial charge in [0.1, 0.15) is 5.75 Å². The fourth-order valence-electron chi connectivity index (χ4n) is 2.83. The molecule has 0 saturated heterocycles. The van der Waals surface area contributed by atoms with E-state index in [1.807, 2.05) is 24.3 Å². The quantitative estimate of drug-likeness (QED) is 0.701. The fraction of sp³-hybridized carbons (Fsp3) is 0.300. The van der Waals surface area contributed by atoms with E-state index in [1.165, 1.54) is 11.1 Å². The van der Waals surface area contributed by atoms with Crippen molar-refractivity contribution in [1.29, 1.82) is 0 Å². The molecule has 0 atom stereocenters. The lowest BCUT2D eigenvalue weighted by Crippen LogP contribution is -2.05. The van der Waals surface area contributed by atoms with E-state index in [0.717, 1.165) is 11.3 Å². The molecule has 0 unspecified atom stereocenters. The maximum absolute atomic E-state index is 5.81. The number of rotatable bonds is 6. The van der Waals surface area contributed by atoms with Crippen LogP contribution in [0.1, 0.15) is 36.8 Å². The van der Waals surface area contributed by atoms with E-state index in [2.05, 4.69) is 54.5 Å². The van der Waals surface area contributed by atoms with Crippen LogP contribution in [0.25, 0.3) is 11.5 Å². The normalized spacial score (nSPS) is 10.9. The minimum Gasteiger partial charge on any atom is -0.496 e.